The molecule has 0 saturated carbocycles. The predicted molar refractivity (Wildman–Crippen MR) is 135 cm³/mol. The average Bonchev–Trinajstić information content (AvgIpc) is 3.32. The molecule has 2 heterocycles. The molecule has 0 saturated heterocycles. The van der Waals surface area contributed by atoms with Gasteiger partial charge in [-0.25, -0.2) is 8.42 Å². The van der Waals surface area contributed by atoms with E-state index in [-0.39, 0.29) is 29.9 Å². The van der Waals surface area contributed by atoms with Crippen LogP contribution in [0.15, 0.2) is 64.9 Å². The first-order valence-electron chi connectivity index (χ1n) is 11.1. The number of carbonyl (C=O) groups is 1. The summed E-state index contributed by atoms with van der Waals surface area (Å²) in [4.78, 5) is 16.8. The third-order valence-electron chi connectivity index (χ3n) is 5.95. The van der Waals surface area contributed by atoms with Gasteiger partial charge < -0.3 is 9.64 Å². The van der Waals surface area contributed by atoms with Crippen molar-refractivity contribution in [2.45, 2.75) is 30.7 Å². The second kappa shape index (κ2) is 10.5. The Morgan fingerprint density at radius 1 is 1.15 bits per heavy atom. The van der Waals surface area contributed by atoms with Crippen LogP contribution in [0, 0.1) is 0 Å². The fourth-order valence-corrected chi connectivity index (χ4v) is 6.77. The number of rotatable bonds is 8. The van der Waals surface area contributed by atoms with Crippen LogP contribution in [0.1, 0.15) is 35.4 Å². The van der Waals surface area contributed by atoms with Crippen LogP contribution in [0.4, 0.5) is 0 Å². The van der Waals surface area contributed by atoms with Gasteiger partial charge in [0.1, 0.15) is 5.75 Å². The second-order valence-electron chi connectivity index (χ2n) is 8.10. The molecule has 1 atom stereocenters. The molecular formula is C25H27ClN2O4S2. The summed E-state index contributed by atoms with van der Waals surface area (Å²) in [5.41, 5.74) is 2.05. The molecule has 1 aromatic heterocycles. The lowest BCUT2D eigenvalue weighted by molar-refractivity contribution is -0.133. The molecule has 0 radical (unpaired) electrons. The van der Waals surface area contributed by atoms with E-state index in [1.165, 1.54) is 28.4 Å². The average molecular weight is 519 g/mol. The van der Waals surface area contributed by atoms with Gasteiger partial charge >= 0.3 is 0 Å². The van der Waals surface area contributed by atoms with Crippen LogP contribution in [0.25, 0.3) is 0 Å². The van der Waals surface area contributed by atoms with Crippen molar-refractivity contribution in [3.05, 3.63) is 81.0 Å². The number of halogens is 1. The van der Waals surface area contributed by atoms with Crippen molar-refractivity contribution in [3.63, 3.8) is 0 Å². The SMILES string of the molecule is CCCN(CC(=O)N1CCc2sccc2C1c1ccc(Cl)cc1)S(=O)(=O)c1ccc(OC)cc1. The van der Waals surface area contributed by atoms with E-state index in [2.05, 4.69) is 6.07 Å². The molecule has 34 heavy (non-hydrogen) atoms. The van der Waals surface area contributed by atoms with Gasteiger partial charge in [0.15, 0.2) is 0 Å². The van der Waals surface area contributed by atoms with E-state index in [0.29, 0.717) is 23.7 Å². The van der Waals surface area contributed by atoms with Crippen molar-refractivity contribution in [2.24, 2.45) is 0 Å². The Morgan fingerprint density at radius 3 is 2.50 bits per heavy atom. The number of fused-ring (bicyclic) bond motifs is 1. The molecule has 1 amide bonds. The molecule has 2 aromatic carbocycles. The number of nitrogens with zero attached hydrogens (tertiary/aromatic N) is 2. The number of carbonyl (C=O) groups excluding carboxylic acids is 1. The number of methoxy groups -OCH3 is 1. The third-order valence-corrected chi connectivity index (χ3v) is 9.06. The maximum absolute atomic E-state index is 13.6. The van der Waals surface area contributed by atoms with Crippen LogP contribution in [0.3, 0.4) is 0 Å². The molecule has 1 aliphatic rings. The molecule has 0 bridgehead atoms. The minimum absolute atomic E-state index is 0.141. The van der Waals surface area contributed by atoms with Crippen LogP contribution in [-0.2, 0) is 21.2 Å². The van der Waals surface area contributed by atoms with Crippen molar-refractivity contribution in [1.29, 1.82) is 0 Å². The summed E-state index contributed by atoms with van der Waals surface area (Å²) in [7, 11) is -2.32. The van der Waals surface area contributed by atoms with E-state index in [1.807, 2.05) is 36.6 Å². The number of sulfonamides is 1. The van der Waals surface area contributed by atoms with E-state index < -0.39 is 10.0 Å². The van der Waals surface area contributed by atoms with Gasteiger partial charge in [0.25, 0.3) is 0 Å². The lowest BCUT2D eigenvalue weighted by atomic mass is 9.93. The van der Waals surface area contributed by atoms with Gasteiger partial charge in [-0.3, -0.25) is 4.79 Å². The fraction of sp³-hybridized carbons (Fsp3) is 0.320. The highest BCUT2D eigenvalue weighted by Crippen LogP contribution is 2.38. The summed E-state index contributed by atoms with van der Waals surface area (Å²) < 4.78 is 33.2. The normalized spacial score (nSPS) is 15.9. The predicted octanol–water partition coefficient (Wildman–Crippen LogP) is 4.99. The molecule has 6 nitrogen and oxygen atoms in total. The van der Waals surface area contributed by atoms with Gasteiger partial charge in [-0.1, -0.05) is 30.7 Å². The van der Waals surface area contributed by atoms with Gasteiger partial charge in [-0.15, -0.1) is 11.3 Å². The summed E-state index contributed by atoms with van der Waals surface area (Å²) in [6.07, 6.45) is 1.35. The van der Waals surface area contributed by atoms with Crippen molar-refractivity contribution >= 4 is 38.9 Å². The number of ether oxygens (including phenoxy) is 1. The first kappa shape index (κ1) is 24.7. The number of thiophene rings is 1. The maximum Gasteiger partial charge on any atom is 0.243 e. The van der Waals surface area contributed by atoms with Crippen molar-refractivity contribution in [2.75, 3.05) is 26.7 Å². The van der Waals surface area contributed by atoms with Crippen molar-refractivity contribution < 1.29 is 17.9 Å². The van der Waals surface area contributed by atoms with Crippen LogP contribution in [0.5, 0.6) is 5.75 Å². The Hall–Kier alpha value is -2.39. The molecule has 3 aromatic rings. The number of hydrogen-bond donors (Lipinski definition) is 0. The number of benzene rings is 2. The lowest BCUT2D eigenvalue weighted by Crippen LogP contribution is -2.46. The summed E-state index contributed by atoms with van der Waals surface area (Å²) >= 11 is 7.79. The molecule has 9 heteroatoms. The highest BCUT2D eigenvalue weighted by molar-refractivity contribution is 7.89. The third kappa shape index (κ3) is 5.00. The molecule has 1 aliphatic heterocycles. The number of hydrogen-bond acceptors (Lipinski definition) is 5. The lowest BCUT2D eigenvalue weighted by Gasteiger charge is -2.37. The van der Waals surface area contributed by atoms with Crippen LogP contribution < -0.4 is 4.74 Å². The van der Waals surface area contributed by atoms with Gasteiger partial charge in [-0.05, 0) is 71.8 Å². The number of amides is 1. The van der Waals surface area contributed by atoms with E-state index in [0.717, 1.165) is 17.5 Å². The Labute approximate surface area is 209 Å². The smallest absolute Gasteiger partial charge is 0.243 e. The van der Waals surface area contributed by atoms with E-state index >= 15 is 0 Å². The van der Waals surface area contributed by atoms with E-state index in [9.17, 15) is 13.2 Å². The maximum atomic E-state index is 13.6. The Kier molecular flexibility index (Phi) is 7.62. The molecule has 180 valence electrons. The fourth-order valence-electron chi connectivity index (χ4n) is 4.26. The standard InChI is InChI=1S/C25H27ClN2O4S2/c1-3-14-27(34(30,31)21-10-8-20(32-2)9-11-21)17-24(29)28-15-12-23-22(13-16-33-23)25(28)18-4-6-19(26)7-5-18/h4-11,13,16,25H,3,12,14-15,17H2,1-2H3. The first-order valence-corrected chi connectivity index (χ1v) is 13.8. The van der Waals surface area contributed by atoms with E-state index in [1.54, 1.807) is 28.4 Å². The molecule has 0 aliphatic carbocycles. The zero-order valence-corrected chi connectivity index (χ0v) is 21.5. The largest absolute Gasteiger partial charge is 0.497 e. The summed E-state index contributed by atoms with van der Waals surface area (Å²) in [6, 6.07) is 15.5. The highest BCUT2D eigenvalue weighted by atomic mass is 35.5. The van der Waals surface area contributed by atoms with Gasteiger partial charge in [0.05, 0.1) is 24.6 Å². The minimum atomic E-state index is -3.84. The zero-order chi connectivity index (χ0) is 24.3. The van der Waals surface area contributed by atoms with Gasteiger partial charge in [0.2, 0.25) is 15.9 Å². The monoisotopic (exact) mass is 518 g/mol. The minimum Gasteiger partial charge on any atom is -0.497 e. The van der Waals surface area contributed by atoms with Gasteiger partial charge in [-0.2, -0.15) is 4.31 Å². The van der Waals surface area contributed by atoms with E-state index in [4.69, 9.17) is 16.3 Å². The van der Waals surface area contributed by atoms with Crippen molar-refractivity contribution in [3.8, 4) is 5.75 Å². The Bertz CT molecular complexity index is 1240. The zero-order valence-electron chi connectivity index (χ0n) is 19.1. The highest BCUT2D eigenvalue weighted by Gasteiger charge is 2.35. The molecule has 0 N–H and O–H groups in total. The Morgan fingerprint density at radius 2 is 1.85 bits per heavy atom. The van der Waals surface area contributed by atoms with Crippen LogP contribution >= 0.6 is 22.9 Å². The summed E-state index contributed by atoms with van der Waals surface area (Å²) in [6.45, 7) is 2.47. The molecular weight excluding hydrogens is 492 g/mol. The topological polar surface area (TPSA) is 66.9 Å². The van der Waals surface area contributed by atoms with Crippen LogP contribution in [0.2, 0.25) is 5.02 Å². The van der Waals surface area contributed by atoms with Gasteiger partial charge in [0, 0.05) is 23.0 Å². The first-order chi connectivity index (χ1) is 16.3. The molecule has 0 spiro atoms. The molecule has 0 fully saturated rings. The summed E-state index contributed by atoms with van der Waals surface area (Å²) in [5, 5.41) is 2.67. The summed E-state index contributed by atoms with van der Waals surface area (Å²) in [5.74, 6) is 0.352. The molecule has 4 rings (SSSR count). The molecule has 1 unspecified atom stereocenters. The van der Waals surface area contributed by atoms with Crippen molar-refractivity contribution in [1.82, 2.24) is 9.21 Å². The van der Waals surface area contributed by atoms with Crippen LogP contribution in [-0.4, -0.2) is 50.3 Å². The Balaban J connectivity index is 1.63. The quantitative estimate of drug-likeness (QED) is 0.421. The second-order valence-corrected chi connectivity index (χ2v) is 11.5.